The first-order valence-electron chi connectivity index (χ1n) is 4.24. The molecule has 74 valence electrons. The van der Waals surface area contributed by atoms with E-state index in [1.807, 2.05) is 24.3 Å². The summed E-state index contributed by atoms with van der Waals surface area (Å²) in [5.41, 5.74) is 1.76. The van der Waals surface area contributed by atoms with Crippen LogP contribution in [0.2, 0.25) is 0 Å². The molecule has 4 heteroatoms. The van der Waals surface area contributed by atoms with E-state index in [1.54, 1.807) is 6.92 Å². The van der Waals surface area contributed by atoms with Crippen molar-refractivity contribution in [2.24, 2.45) is 0 Å². The van der Waals surface area contributed by atoms with Crippen molar-refractivity contribution in [1.82, 2.24) is 4.98 Å². The third-order valence-electron chi connectivity index (χ3n) is 1.54. The van der Waals surface area contributed by atoms with Crippen LogP contribution in [0.25, 0.3) is 11.1 Å². The molecule has 0 atom stereocenters. The van der Waals surface area contributed by atoms with Crippen LogP contribution in [0, 0.1) is 0 Å². The summed E-state index contributed by atoms with van der Waals surface area (Å²) in [6, 6.07) is 7.67. The molecule has 1 N–H and O–H groups in total. The molecule has 1 aromatic carbocycles. The molecule has 2 aromatic rings. The molecule has 0 unspecified atom stereocenters. The van der Waals surface area contributed by atoms with Crippen molar-refractivity contribution in [2.75, 3.05) is 0 Å². The fraction of sp³-hybridized carbons (Fsp3) is 0.200. The molecule has 14 heavy (non-hydrogen) atoms. The Labute approximate surface area is 81.2 Å². The molecule has 0 aliphatic carbocycles. The predicted octanol–water partition coefficient (Wildman–Crippen LogP) is 2.31. The molecule has 0 fully saturated rings. The Morgan fingerprint density at radius 1 is 1.50 bits per heavy atom. The number of fused-ring (bicyclic) bond motifs is 1. The fourth-order valence-corrected chi connectivity index (χ4v) is 0.803. The van der Waals surface area contributed by atoms with Gasteiger partial charge in [0.2, 0.25) is 0 Å². The van der Waals surface area contributed by atoms with E-state index in [0.717, 1.165) is 11.1 Å². The molecule has 0 aliphatic heterocycles. The second-order valence-corrected chi connectivity index (χ2v) is 2.57. The molecule has 0 radical (unpaired) electrons. The van der Waals surface area contributed by atoms with Gasteiger partial charge in [0.1, 0.15) is 5.52 Å². The van der Waals surface area contributed by atoms with Gasteiger partial charge in [-0.3, -0.25) is 4.79 Å². The van der Waals surface area contributed by atoms with Gasteiger partial charge in [0.25, 0.3) is 0 Å². The minimum atomic E-state index is -0.745. The summed E-state index contributed by atoms with van der Waals surface area (Å²) in [5, 5.41) is 7.72. The Balaban J connectivity index is 0.000000171. The zero-order valence-electron chi connectivity index (χ0n) is 7.80. The van der Waals surface area contributed by atoms with Gasteiger partial charge in [-0.15, -0.1) is 0 Å². The Kier molecular flexibility index (Phi) is 3.67. The quantitative estimate of drug-likeness (QED) is 0.754. The number of hydrogen-bond acceptors (Lipinski definition) is 3. The second-order valence-electron chi connectivity index (χ2n) is 2.57. The summed E-state index contributed by atoms with van der Waals surface area (Å²) in [6.07, 6.45) is 1.67. The Bertz CT molecular complexity index is 378. The molecule has 2 rings (SSSR count). The van der Waals surface area contributed by atoms with Crippen molar-refractivity contribution in [3.05, 3.63) is 30.7 Å². The predicted molar refractivity (Wildman–Crippen MR) is 51.9 cm³/mol. The normalized spacial score (nSPS) is 9.21. The molecule has 0 amide bonds. The van der Waals surface area contributed by atoms with E-state index in [4.69, 9.17) is 9.52 Å². The van der Waals surface area contributed by atoms with E-state index in [9.17, 15) is 4.79 Å². The van der Waals surface area contributed by atoms with Crippen LogP contribution in [-0.4, -0.2) is 16.1 Å². The molecule has 0 spiro atoms. The van der Waals surface area contributed by atoms with Crippen molar-refractivity contribution < 1.29 is 14.3 Å². The lowest BCUT2D eigenvalue weighted by atomic mass is 10.3. The van der Waals surface area contributed by atoms with E-state index in [1.165, 1.54) is 6.39 Å². The lowest BCUT2D eigenvalue weighted by molar-refractivity contribution is -0.136. The number of hydrogen-bond donors (Lipinski definition) is 1. The maximum Gasteiger partial charge on any atom is 0.303 e. The zero-order valence-corrected chi connectivity index (χ0v) is 7.80. The van der Waals surface area contributed by atoms with E-state index in [0.29, 0.717) is 0 Å². The number of rotatable bonds is 1. The van der Waals surface area contributed by atoms with Crippen LogP contribution in [0.4, 0.5) is 0 Å². The summed E-state index contributed by atoms with van der Waals surface area (Å²) in [4.78, 5) is 13.3. The lowest BCUT2D eigenvalue weighted by Gasteiger charge is -1.79. The first-order chi connectivity index (χ1) is 6.74. The summed E-state index contributed by atoms with van der Waals surface area (Å²) >= 11 is 0. The maximum absolute atomic E-state index is 9.37. The van der Waals surface area contributed by atoms with Crippen molar-refractivity contribution in [1.29, 1.82) is 0 Å². The fourth-order valence-electron chi connectivity index (χ4n) is 0.803. The van der Waals surface area contributed by atoms with Crippen molar-refractivity contribution in [2.45, 2.75) is 13.3 Å². The number of carbonyl (C=O) groups is 1. The van der Waals surface area contributed by atoms with Gasteiger partial charge < -0.3 is 9.52 Å². The zero-order chi connectivity index (χ0) is 10.4. The highest BCUT2D eigenvalue weighted by molar-refractivity contribution is 5.71. The third-order valence-corrected chi connectivity index (χ3v) is 1.54. The molecule has 0 saturated carbocycles. The van der Waals surface area contributed by atoms with Gasteiger partial charge in [-0.25, -0.2) is 4.98 Å². The molecule has 0 bridgehead atoms. The Morgan fingerprint density at radius 2 is 2.14 bits per heavy atom. The number of nitrogens with zero attached hydrogens (tertiary/aromatic N) is 1. The summed E-state index contributed by atoms with van der Waals surface area (Å²) < 4.78 is 5.01. The van der Waals surface area contributed by atoms with Gasteiger partial charge in [-0.1, -0.05) is 19.1 Å². The lowest BCUT2D eigenvalue weighted by Crippen LogP contribution is -1.86. The number of oxazole rings is 1. The largest absolute Gasteiger partial charge is 0.481 e. The van der Waals surface area contributed by atoms with Crippen LogP contribution >= 0.6 is 0 Å². The van der Waals surface area contributed by atoms with E-state index >= 15 is 0 Å². The number of aromatic nitrogens is 1. The molecule has 4 nitrogen and oxygen atoms in total. The third kappa shape index (κ3) is 2.90. The summed E-state index contributed by atoms with van der Waals surface area (Å²) in [5.74, 6) is -0.745. The molecule has 0 saturated heterocycles. The minimum absolute atomic E-state index is 0.222. The highest BCUT2D eigenvalue weighted by atomic mass is 16.4. The van der Waals surface area contributed by atoms with Crippen LogP contribution in [0.5, 0.6) is 0 Å². The van der Waals surface area contributed by atoms with E-state index in [-0.39, 0.29) is 6.42 Å². The Hall–Kier alpha value is -1.84. The number of para-hydroxylation sites is 2. The average Bonchev–Trinajstić information content (AvgIpc) is 2.66. The Morgan fingerprint density at radius 3 is 2.71 bits per heavy atom. The van der Waals surface area contributed by atoms with Crippen LogP contribution in [0.1, 0.15) is 13.3 Å². The number of aliphatic carboxylic acids is 1. The monoisotopic (exact) mass is 193 g/mol. The number of carboxylic acids is 1. The van der Waals surface area contributed by atoms with Crippen molar-refractivity contribution >= 4 is 17.1 Å². The van der Waals surface area contributed by atoms with Crippen LogP contribution in [0.3, 0.4) is 0 Å². The first-order valence-corrected chi connectivity index (χ1v) is 4.24. The standard InChI is InChI=1S/C7H5NO.C3H6O2/c1-2-4-7-6(3-1)8-5-9-7;1-2-3(4)5/h1-5H;2H2,1H3,(H,4,5). The van der Waals surface area contributed by atoms with Gasteiger partial charge >= 0.3 is 5.97 Å². The van der Waals surface area contributed by atoms with Crippen molar-refractivity contribution in [3.8, 4) is 0 Å². The highest BCUT2D eigenvalue weighted by Crippen LogP contribution is 2.09. The summed E-state index contributed by atoms with van der Waals surface area (Å²) in [6.45, 7) is 1.60. The molecular weight excluding hydrogens is 182 g/mol. The minimum Gasteiger partial charge on any atom is -0.481 e. The van der Waals surface area contributed by atoms with Crippen LogP contribution < -0.4 is 0 Å². The van der Waals surface area contributed by atoms with Crippen molar-refractivity contribution in [3.63, 3.8) is 0 Å². The van der Waals surface area contributed by atoms with E-state index in [2.05, 4.69) is 4.98 Å². The topological polar surface area (TPSA) is 63.3 Å². The van der Waals surface area contributed by atoms with Gasteiger partial charge in [0.05, 0.1) is 0 Å². The molecule has 1 aromatic heterocycles. The van der Waals surface area contributed by atoms with Gasteiger partial charge in [-0.2, -0.15) is 0 Å². The molecular formula is C10H11NO3. The van der Waals surface area contributed by atoms with Gasteiger partial charge in [-0.05, 0) is 12.1 Å². The van der Waals surface area contributed by atoms with Crippen LogP contribution in [-0.2, 0) is 4.79 Å². The van der Waals surface area contributed by atoms with Crippen LogP contribution in [0.15, 0.2) is 35.1 Å². The second kappa shape index (κ2) is 5.01. The number of benzene rings is 1. The average molecular weight is 193 g/mol. The number of carboxylic acid groups (broad SMARTS) is 1. The van der Waals surface area contributed by atoms with E-state index < -0.39 is 5.97 Å². The maximum atomic E-state index is 9.37. The first kappa shape index (κ1) is 10.2. The smallest absolute Gasteiger partial charge is 0.303 e. The SMILES string of the molecule is CCC(=O)O.c1ccc2ocnc2c1. The molecule has 0 aliphatic rings. The summed E-state index contributed by atoms with van der Waals surface area (Å²) in [7, 11) is 0. The van der Waals surface area contributed by atoms with Gasteiger partial charge in [0.15, 0.2) is 12.0 Å². The highest BCUT2D eigenvalue weighted by Gasteiger charge is 1.91. The molecule has 1 heterocycles. The van der Waals surface area contributed by atoms with Gasteiger partial charge in [0, 0.05) is 6.42 Å².